The molecule has 1 aliphatic carbocycles. The van der Waals surface area contributed by atoms with E-state index < -0.39 is 0 Å². The van der Waals surface area contributed by atoms with Crippen LogP contribution in [0, 0.1) is 5.41 Å². The van der Waals surface area contributed by atoms with Crippen molar-refractivity contribution in [3.05, 3.63) is 18.0 Å². The Hall–Kier alpha value is -0.870. The zero-order valence-corrected chi connectivity index (χ0v) is 12.8. The molecule has 1 saturated carbocycles. The van der Waals surface area contributed by atoms with E-state index in [0.717, 1.165) is 25.1 Å². The van der Waals surface area contributed by atoms with Gasteiger partial charge in [-0.25, -0.2) is 0 Å². The zero-order valence-electron chi connectivity index (χ0n) is 12.8. The molecule has 1 aliphatic rings. The number of aromatic nitrogens is 2. The Bertz CT molecular complexity index is 413. The average molecular weight is 265 g/mol. The molecule has 3 unspecified atom stereocenters. The Kier molecular flexibility index (Phi) is 4.31. The largest absolute Gasteiger partial charge is 0.381 e. The van der Waals surface area contributed by atoms with Crippen LogP contribution in [0.2, 0.25) is 0 Å². The summed E-state index contributed by atoms with van der Waals surface area (Å²) in [6.45, 7) is 9.75. The van der Waals surface area contributed by atoms with Crippen molar-refractivity contribution in [1.29, 1.82) is 0 Å². The molecular weight excluding hydrogens is 238 g/mol. The maximum Gasteiger partial charge on any atom is 0.0762 e. The molecule has 2 rings (SSSR count). The molecule has 0 spiro atoms. The first kappa shape index (κ1) is 14.5. The fourth-order valence-electron chi connectivity index (χ4n) is 2.76. The van der Waals surface area contributed by atoms with Crippen LogP contribution in [0.25, 0.3) is 0 Å². The highest BCUT2D eigenvalue weighted by Gasteiger charge is 2.48. The molecule has 108 valence electrons. The molecule has 0 aliphatic heterocycles. The van der Waals surface area contributed by atoms with Crippen LogP contribution in [-0.4, -0.2) is 29.0 Å². The van der Waals surface area contributed by atoms with Crippen LogP contribution in [-0.2, 0) is 11.3 Å². The molecular formula is C15H27N3O. The highest BCUT2D eigenvalue weighted by atomic mass is 16.5. The summed E-state index contributed by atoms with van der Waals surface area (Å²) in [5.41, 5.74) is 1.34. The van der Waals surface area contributed by atoms with Gasteiger partial charge in [0.2, 0.25) is 0 Å². The lowest BCUT2D eigenvalue weighted by Crippen LogP contribution is -2.60. The Morgan fingerprint density at radius 2 is 2.32 bits per heavy atom. The summed E-state index contributed by atoms with van der Waals surface area (Å²) in [6, 6.07) is 3.11. The molecule has 1 heterocycles. The molecule has 1 aromatic rings. The highest BCUT2D eigenvalue weighted by Crippen LogP contribution is 2.42. The SMILES string of the molecule is CCC(C)n1ccc(CNC2CC(OC)C2(C)C)n1. The topological polar surface area (TPSA) is 39.1 Å². The third-order valence-corrected chi connectivity index (χ3v) is 4.70. The lowest BCUT2D eigenvalue weighted by molar-refractivity contribution is -0.0979. The van der Waals surface area contributed by atoms with Crippen LogP contribution in [0.5, 0.6) is 0 Å². The van der Waals surface area contributed by atoms with Crippen molar-refractivity contribution in [1.82, 2.24) is 15.1 Å². The van der Waals surface area contributed by atoms with Crippen molar-refractivity contribution >= 4 is 0 Å². The van der Waals surface area contributed by atoms with Gasteiger partial charge in [-0.3, -0.25) is 4.68 Å². The molecule has 4 heteroatoms. The monoisotopic (exact) mass is 265 g/mol. The van der Waals surface area contributed by atoms with Gasteiger partial charge in [0.1, 0.15) is 0 Å². The maximum absolute atomic E-state index is 5.47. The lowest BCUT2D eigenvalue weighted by atomic mass is 9.64. The van der Waals surface area contributed by atoms with Gasteiger partial charge in [-0.2, -0.15) is 5.10 Å². The third kappa shape index (κ3) is 2.84. The van der Waals surface area contributed by atoms with Crippen LogP contribution in [0.1, 0.15) is 52.3 Å². The van der Waals surface area contributed by atoms with Crippen molar-refractivity contribution in [2.45, 2.75) is 65.3 Å². The number of methoxy groups -OCH3 is 1. The smallest absolute Gasteiger partial charge is 0.0762 e. The molecule has 0 bridgehead atoms. The van der Waals surface area contributed by atoms with Crippen molar-refractivity contribution in [2.24, 2.45) is 5.41 Å². The molecule has 4 nitrogen and oxygen atoms in total. The fraction of sp³-hybridized carbons (Fsp3) is 0.800. The van der Waals surface area contributed by atoms with Gasteiger partial charge in [-0.15, -0.1) is 0 Å². The first-order chi connectivity index (χ1) is 8.98. The summed E-state index contributed by atoms with van der Waals surface area (Å²) in [5.74, 6) is 0. The van der Waals surface area contributed by atoms with Crippen LogP contribution in [0.15, 0.2) is 12.3 Å². The molecule has 1 aromatic heterocycles. The van der Waals surface area contributed by atoms with Gasteiger partial charge < -0.3 is 10.1 Å². The number of nitrogens with zero attached hydrogens (tertiary/aromatic N) is 2. The normalized spacial score (nSPS) is 27.0. The Morgan fingerprint density at radius 1 is 1.58 bits per heavy atom. The molecule has 3 atom stereocenters. The predicted octanol–water partition coefficient (Wildman–Crippen LogP) is 2.76. The molecule has 0 aromatic carbocycles. The Morgan fingerprint density at radius 3 is 2.89 bits per heavy atom. The number of rotatable bonds is 6. The van der Waals surface area contributed by atoms with E-state index in [1.165, 1.54) is 0 Å². The van der Waals surface area contributed by atoms with Crippen molar-refractivity contribution < 1.29 is 4.74 Å². The summed E-state index contributed by atoms with van der Waals surface area (Å²) in [5, 5.41) is 8.23. The minimum atomic E-state index is 0.216. The predicted molar refractivity (Wildman–Crippen MR) is 77.1 cm³/mol. The molecule has 19 heavy (non-hydrogen) atoms. The quantitative estimate of drug-likeness (QED) is 0.859. The van der Waals surface area contributed by atoms with E-state index in [1.54, 1.807) is 7.11 Å². The number of hydrogen-bond acceptors (Lipinski definition) is 3. The van der Waals surface area contributed by atoms with Gasteiger partial charge in [0.25, 0.3) is 0 Å². The summed E-state index contributed by atoms with van der Waals surface area (Å²) >= 11 is 0. The lowest BCUT2D eigenvalue weighted by Gasteiger charge is -2.51. The molecule has 1 N–H and O–H groups in total. The Balaban J connectivity index is 1.85. The minimum absolute atomic E-state index is 0.216. The number of hydrogen-bond donors (Lipinski definition) is 1. The number of nitrogens with one attached hydrogen (secondary N) is 1. The second-order valence-electron chi connectivity index (χ2n) is 6.26. The first-order valence-corrected chi connectivity index (χ1v) is 7.29. The molecule has 0 saturated heterocycles. The molecule has 0 amide bonds. The van der Waals surface area contributed by atoms with E-state index in [2.05, 4.69) is 55.1 Å². The van der Waals surface area contributed by atoms with E-state index in [1.807, 2.05) is 0 Å². The van der Waals surface area contributed by atoms with Crippen molar-refractivity contribution in [3.8, 4) is 0 Å². The van der Waals surface area contributed by atoms with Crippen molar-refractivity contribution in [2.75, 3.05) is 7.11 Å². The van der Waals surface area contributed by atoms with Gasteiger partial charge in [0.15, 0.2) is 0 Å². The summed E-state index contributed by atoms with van der Waals surface area (Å²) in [6.07, 6.45) is 4.66. The fourth-order valence-corrected chi connectivity index (χ4v) is 2.76. The van der Waals surface area contributed by atoms with E-state index in [9.17, 15) is 0 Å². The van der Waals surface area contributed by atoms with E-state index >= 15 is 0 Å². The van der Waals surface area contributed by atoms with Crippen molar-refractivity contribution in [3.63, 3.8) is 0 Å². The summed E-state index contributed by atoms with van der Waals surface area (Å²) in [4.78, 5) is 0. The van der Waals surface area contributed by atoms with Gasteiger partial charge in [0, 0.05) is 37.4 Å². The van der Waals surface area contributed by atoms with Crippen LogP contribution in [0.4, 0.5) is 0 Å². The molecule has 1 fully saturated rings. The second-order valence-corrected chi connectivity index (χ2v) is 6.26. The standard InChI is InChI=1S/C15H27N3O/c1-6-11(2)18-8-7-12(17-18)10-16-13-9-14(19-5)15(13,3)4/h7-8,11,13-14,16H,6,9-10H2,1-5H3. The van der Waals surface area contributed by atoms with Crippen LogP contribution < -0.4 is 5.32 Å². The maximum atomic E-state index is 5.47. The minimum Gasteiger partial charge on any atom is -0.381 e. The highest BCUT2D eigenvalue weighted by molar-refractivity contribution is 5.05. The van der Waals surface area contributed by atoms with E-state index in [-0.39, 0.29) is 5.41 Å². The van der Waals surface area contributed by atoms with E-state index in [4.69, 9.17) is 4.74 Å². The van der Waals surface area contributed by atoms with Crippen LogP contribution in [0.3, 0.4) is 0 Å². The van der Waals surface area contributed by atoms with Gasteiger partial charge >= 0.3 is 0 Å². The van der Waals surface area contributed by atoms with Gasteiger partial charge in [-0.05, 0) is 25.8 Å². The first-order valence-electron chi connectivity index (χ1n) is 7.29. The zero-order chi connectivity index (χ0) is 14.0. The van der Waals surface area contributed by atoms with Gasteiger partial charge in [0.05, 0.1) is 11.8 Å². The van der Waals surface area contributed by atoms with E-state index in [0.29, 0.717) is 18.2 Å². The van der Waals surface area contributed by atoms with Crippen LogP contribution >= 0.6 is 0 Å². The summed E-state index contributed by atoms with van der Waals surface area (Å²) < 4.78 is 7.53. The second kappa shape index (κ2) is 5.63. The molecule has 0 radical (unpaired) electrons. The average Bonchev–Trinajstić information content (AvgIpc) is 2.85. The Labute approximate surface area is 116 Å². The van der Waals surface area contributed by atoms with Gasteiger partial charge in [-0.1, -0.05) is 20.8 Å². The summed E-state index contributed by atoms with van der Waals surface area (Å²) in [7, 11) is 1.80. The number of ether oxygens (including phenoxy) is 1. The third-order valence-electron chi connectivity index (χ3n) is 4.70.